The molecule has 3 heteroatoms. The Hall–Kier alpha value is -1.35. The summed E-state index contributed by atoms with van der Waals surface area (Å²) in [6, 6.07) is 11.5. The fraction of sp³-hybridized carbons (Fsp3) is 0.741. The molecule has 3 fully saturated rings. The quantitative estimate of drug-likeness (QED) is 0.640. The Kier molecular flexibility index (Phi) is 7.32. The lowest BCUT2D eigenvalue weighted by Gasteiger charge is -2.57. The van der Waals surface area contributed by atoms with E-state index in [1.54, 1.807) is 0 Å². The summed E-state index contributed by atoms with van der Waals surface area (Å²) in [7, 11) is 1.50. The molecule has 0 heterocycles. The van der Waals surface area contributed by atoms with Crippen LogP contribution in [0.1, 0.15) is 97.0 Å². The van der Waals surface area contributed by atoms with Crippen molar-refractivity contribution >= 4 is 5.91 Å². The normalized spacial score (nSPS) is 36.4. The summed E-state index contributed by atoms with van der Waals surface area (Å²) >= 11 is 0. The van der Waals surface area contributed by atoms with Gasteiger partial charge in [0.2, 0.25) is 5.91 Å². The topological polar surface area (TPSA) is 55.1 Å². The van der Waals surface area contributed by atoms with E-state index in [4.69, 9.17) is 0 Å². The van der Waals surface area contributed by atoms with Crippen LogP contribution in [0.3, 0.4) is 0 Å². The number of nitrogens with two attached hydrogens (primary N) is 1. The Labute approximate surface area is 184 Å². The Morgan fingerprint density at radius 3 is 2.30 bits per heavy atom. The molecule has 4 unspecified atom stereocenters. The van der Waals surface area contributed by atoms with E-state index in [0.29, 0.717) is 23.3 Å². The summed E-state index contributed by atoms with van der Waals surface area (Å²) in [5.41, 5.74) is 6.30. The number of amides is 1. The van der Waals surface area contributed by atoms with Crippen molar-refractivity contribution in [1.29, 1.82) is 0 Å². The van der Waals surface area contributed by atoms with Crippen LogP contribution in [0.5, 0.6) is 0 Å². The lowest BCUT2D eigenvalue weighted by atomic mass is 9.47. The first-order valence-electron chi connectivity index (χ1n) is 12.3. The number of benzene rings is 1. The minimum Gasteiger partial charge on any atom is -0.353 e. The van der Waals surface area contributed by atoms with Gasteiger partial charge < -0.3 is 11.1 Å². The summed E-state index contributed by atoms with van der Waals surface area (Å²) < 4.78 is 0. The van der Waals surface area contributed by atoms with Crippen molar-refractivity contribution in [2.24, 2.45) is 22.5 Å². The third-order valence-corrected chi connectivity index (χ3v) is 8.42. The summed E-state index contributed by atoms with van der Waals surface area (Å²) in [5, 5.41) is 3.48. The van der Waals surface area contributed by atoms with Gasteiger partial charge in [-0.1, -0.05) is 76.8 Å². The third-order valence-electron chi connectivity index (χ3n) is 8.42. The first kappa shape index (κ1) is 23.3. The number of carbonyl (C=O) groups excluding carboxylic acids is 1. The molecule has 0 aromatic heterocycles. The second-order valence-corrected chi connectivity index (χ2v) is 11.0. The second kappa shape index (κ2) is 9.42. The Morgan fingerprint density at radius 2 is 1.67 bits per heavy atom. The molecular weight excluding hydrogens is 368 g/mol. The van der Waals surface area contributed by atoms with Crippen LogP contribution in [0.15, 0.2) is 30.3 Å². The Bertz CT molecular complexity index is 698. The van der Waals surface area contributed by atoms with E-state index in [-0.39, 0.29) is 10.8 Å². The second-order valence-electron chi connectivity index (χ2n) is 11.0. The van der Waals surface area contributed by atoms with Crippen LogP contribution in [-0.2, 0) is 10.2 Å². The highest BCUT2D eigenvalue weighted by atomic mass is 16.2. The van der Waals surface area contributed by atoms with Crippen molar-refractivity contribution in [3.8, 4) is 0 Å². The first-order chi connectivity index (χ1) is 14.4. The van der Waals surface area contributed by atoms with E-state index >= 15 is 0 Å². The van der Waals surface area contributed by atoms with E-state index in [9.17, 15) is 4.79 Å². The molecule has 3 N–H and O–H groups in total. The van der Waals surface area contributed by atoms with Gasteiger partial charge in [-0.2, -0.15) is 0 Å². The number of carbonyl (C=O) groups is 1. The zero-order valence-electron chi connectivity index (χ0n) is 19.8. The fourth-order valence-electron chi connectivity index (χ4n) is 7.18. The molecule has 3 nitrogen and oxygen atoms in total. The van der Waals surface area contributed by atoms with Crippen molar-refractivity contribution in [2.75, 3.05) is 7.05 Å². The van der Waals surface area contributed by atoms with Gasteiger partial charge in [-0.05, 0) is 74.3 Å². The minimum absolute atomic E-state index is 0.159. The summed E-state index contributed by atoms with van der Waals surface area (Å²) in [6.07, 6.45) is 13.3. The van der Waals surface area contributed by atoms with Crippen molar-refractivity contribution in [3.63, 3.8) is 0 Å². The zero-order chi connectivity index (χ0) is 21.8. The van der Waals surface area contributed by atoms with Gasteiger partial charge in [0.05, 0.1) is 0 Å². The highest BCUT2D eigenvalue weighted by Gasteiger charge is 2.56. The summed E-state index contributed by atoms with van der Waals surface area (Å²) in [4.78, 5) is 13.5. The maximum absolute atomic E-state index is 13.5. The number of hydrogen-bond donors (Lipinski definition) is 2. The predicted molar refractivity (Wildman–Crippen MR) is 126 cm³/mol. The van der Waals surface area contributed by atoms with E-state index in [2.05, 4.69) is 62.2 Å². The van der Waals surface area contributed by atoms with Crippen LogP contribution in [0, 0.1) is 16.7 Å². The van der Waals surface area contributed by atoms with E-state index in [1.165, 1.54) is 70.4 Å². The van der Waals surface area contributed by atoms with Crippen molar-refractivity contribution < 1.29 is 4.79 Å². The minimum atomic E-state index is -0.231. The number of hydrogen-bond acceptors (Lipinski definition) is 2. The van der Waals surface area contributed by atoms with Crippen molar-refractivity contribution in [1.82, 2.24) is 5.32 Å². The average Bonchev–Trinajstić information content (AvgIpc) is 2.75. The molecule has 0 radical (unpaired) electrons. The van der Waals surface area contributed by atoms with Gasteiger partial charge in [0.25, 0.3) is 0 Å². The molecule has 4 atom stereocenters. The molecular formula is C27H44N2O. The lowest BCUT2D eigenvalue weighted by molar-refractivity contribution is -0.139. The van der Waals surface area contributed by atoms with Crippen LogP contribution in [0.25, 0.3) is 0 Å². The van der Waals surface area contributed by atoms with Gasteiger partial charge in [-0.3, -0.25) is 4.79 Å². The summed E-state index contributed by atoms with van der Waals surface area (Å²) in [5.74, 6) is 0.999. The largest absolute Gasteiger partial charge is 0.353 e. The highest BCUT2D eigenvalue weighted by molar-refractivity contribution is 5.83. The molecule has 0 saturated heterocycles. The molecule has 2 bridgehead atoms. The first-order valence-corrected chi connectivity index (χ1v) is 12.3. The molecule has 168 valence electrons. The van der Waals surface area contributed by atoms with Gasteiger partial charge in [0.1, 0.15) is 0 Å². The molecule has 0 spiro atoms. The molecule has 3 saturated carbocycles. The van der Waals surface area contributed by atoms with Gasteiger partial charge >= 0.3 is 0 Å². The third kappa shape index (κ3) is 4.77. The molecule has 4 rings (SSSR count). The van der Waals surface area contributed by atoms with Crippen LogP contribution in [-0.4, -0.2) is 19.0 Å². The van der Waals surface area contributed by atoms with Gasteiger partial charge in [0, 0.05) is 11.5 Å². The predicted octanol–water partition coefficient (Wildman–Crippen LogP) is 5.96. The molecule has 1 aromatic carbocycles. The molecule has 30 heavy (non-hydrogen) atoms. The molecule has 3 aliphatic rings. The lowest BCUT2D eigenvalue weighted by Crippen LogP contribution is -2.55. The van der Waals surface area contributed by atoms with Crippen LogP contribution in [0.4, 0.5) is 0 Å². The van der Waals surface area contributed by atoms with Gasteiger partial charge in [-0.25, -0.2) is 0 Å². The smallest absolute Gasteiger partial charge is 0.226 e. The Morgan fingerprint density at radius 1 is 1.00 bits per heavy atom. The zero-order valence-corrected chi connectivity index (χ0v) is 19.8. The maximum atomic E-state index is 13.5. The van der Waals surface area contributed by atoms with E-state index in [1.807, 2.05) is 0 Å². The van der Waals surface area contributed by atoms with Gasteiger partial charge in [0.15, 0.2) is 0 Å². The summed E-state index contributed by atoms with van der Waals surface area (Å²) in [6.45, 7) is 7.11. The van der Waals surface area contributed by atoms with Crippen LogP contribution in [0.2, 0.25) is 0 Å². The van der Waals surface area contributed by atoms with Crippen molar-refractivity contribution in [3.05, 3.63) is 35.9 Å². The van der Waals surface area contributed by atoms with Crippen LogP contribution < -0.4 is 11.1 Å². The SMILES string of the molecule is CCC1(C)CC2CC(C)(C(=O)NC3CCCCC3)CC(c3ccccc3)(C2)C1.CN. The monoisotopic (exact) mass is 412 g/mol. The number of fused-ring (bicyclic) bond motifs is 2. The van der Waals surface area contributed by atoms with E-state index in [0.717, 1.165) is 12.8 Å². The van der Waals surface area contributed by atoms with E-state index < -0.39 is 0 Å². The van der Waals surface area contributed by atoms with Gasteiger partial charge in [-0.15, -0.1) is 0 Å². The van der Waals surface area contributed by atoms with Crippen LogP contribution >= 0.6 is 0 Å². The average molecular weight is 413 g/mol. The molecule has 1 amide bonds. The molecule has 0 aliphatic heterocycles. The number of rotatable bonds is 4. The standard InChI is InChI=1S/C26H39NO.CH5N/c1-4-24(2)15-20-16-25(3,23(28)27-22-13-9-6-10-14-22)19-26(17-20,18-24)21-11-7-5-8-12-21;1-2/h5,7-8,11-12,20,22H,4,6,9-10,13-19H2,1-3H3,(H,27,28);2H2,1H3. The number of nitrogens with one attached hydrogen (secondary N) is 1. The fourth-order valence-corrected chi connectivity index (χ4v) is 7.18. The highest BCUT2D eigenvalue weighted by Crippen LogP contribution is 2.61. The van der Waals surface area contributed by atoms with Crippen molar-refractivity contribution in [2.45, 2.75) is 103 Å². The molecule has 3 aliphatic carbocycles. The Balaban J connectivity index is 0.00000124. The molecule has 1 aromatic rings. The maximum Gasteiger partial charge on any atom is 0.226 e.